The second-order valence-corrected chi connectivity index (χ2v) is 9.43. The molecular formula is C27H31N5O5. The van der Waals surface area contributed by atoms with Crippen molar-refractivity contribution in [2.45, 2.75) is 25.9 Å². The Morgan fingerprint density at radius 1 is 1.03 bits per heavy atom. The van der Waals surface area contributed by atoms with Crippen molar-refractivity contribution in [1.29, 1.82) is 0 Å². The van der Waals surface area contributed by atoms with Crippen molar-refractivity contribution in [1.82, 2.24) is 14.3 Å². The Balaban J connectivity index is 1.68. The van der Waals surface area contributed by atoms with E-state index in [2.05, 4.69) is 21.8 Å². The maximum Gasteiger partial charge on any atom is 0.360 e. The standard InChI is InChI=1S/C27H31N5O5/c1-29-12-14-30(15-13-29)20-16-21(31-11-7-6-10-22(31)33)25-28-23(27(35)36-2)24(26(34)32(25)17-20)37-18-19-8-4-3-5-9-19/h3-5,8-9,16-17H,6-7,10-15,18H2,1-2H3. The maximum absolute atomic E-state index is 13.9. The monoisotopic (exact) mass is 505 g/mol. The fourth-order valence-electron chi connectivity index (χ4n) is 4.78. The van der Waals surface area contributed by atoms with Gasteiger partial charge < -0.3 is 24.2 Å². The highest BCUT2D eigenvalue weighted by atomic mass is 16.5. The fraction of sp³-hybridized carbons (Fsp3) is 0.407. The van der Waals surface area contributed by atoms with Gasteiger partial charge in [0.15, 0.2) is 11.3 Å². The number of methoxy groups -OCH3 is 1. The second kappa shape index (κ2) is 10.6. The summed E-state index contributed by atoms with van der Waals surface area (Å²) in [5, 5.41) is 0. The van der Waals surface area contributed by atoms with E-state index in [0.717, 1.165) is 50.3 Å². The van der Waals surface area contributed by atoms with E-state index in [9.17, 15) is 14.4 Å². The van der Waals surface area contributed by atoms with Crippen LogP contribution in [0.3, 0.4) is 0 Å². The molecule has 194 valence electrons. The molecule has 5 rings (SSSR count). The van der Waals surface area contributed by atoms with Crippen molar-refractivity contribution >= 4 is 28.9 Å². The Morgan fingerprint density at radius 2 is 1.78 bits per heavy atom. The van der Waals surface area contributed by atoms with Gasteiger partial charge in [0.25, 0.3) is 0 Å². The lowest BCUT2D eigenvalue weighted by Gasteiger charge is -2.35. The number of ether oxygens (including phenoxy) is 2. The van der Waals surface area contributed by atoms with E-state index >= 15 is 0 Å². The molecule has 0 atom stereocenters. The Bertz CT molecular complexity index is 1370. The highest BCUT2D eigenvalue weighted by Crippen LogP contribution is 2.31. The highest BCUT2D eigenvalue weighted by molar-refractivity contribution is 5.99. The minimum atomic E-state index is -0.776. The fourth-order valence-corrected chi connectivity index (χ4v) is 4.78. The molecule has 2 aliphatic heterocycles. The predicted molar refractivity (Wildman–Crippen MR) is 139 cm³/mol. The van der Waals surface area contributed by atoms with Crippen molar-refractivity contribution in [3.05, 3.63) is 64.2 Å². The van der Waals surface area contributed by atoms with E-state index < -0.39 is 11.5 Å². The predicted octanol–water partition coefficient (Wildman–Crippen LogP) is 2.33. The molecule has 10 heteroatoms. The minimum absolute atomic E-state index is 0.0260. The normalized spacial score (nSPS) is 16.8. The molecule has 2 aromatic heterocycles. The van der Waals surface area contributed by atoms with Crippen molar-refractivity contribution in [2.24, 2.45) is 0 Å². The summed E-state index contributed by atoms with van der Waals surface area (Å²) in [6.45, 7) is 3.95. The first-order valence-corrected chi connectivity index (χ1v) is 12.6. The number of piperazine rings is 1. The van der Waals surface area contributed by atoms with Crippen molar-refractivity contribution in [2.75, 3.05) is 56.7 Å². The number of nitrogens with zero attached hydrogens (tertiary/aromatic N) is 5. The van der Waals surface area contributed by atoms with Gasteiger partial charge in [-0.3, -0.25) is 14.0 Å². The molecule has 0 aliphatic carbocycles. The number of carbonyl (C=O) groups is 2. The molecule has 3 aromatic rings. The molecule has 0 spiro atoms. The van der Waals surface area contributed by atoms with E-state index in [1.54, 1.807) is 11.1 Å². The van der Waals surface area contributed by atoms with E-state index in [1.165, 1.54) is 11.5 Å². The van der Waals surface area contributed by atoms with Crippen LogP contribution in [0.2, 0.25) is 0 Å². The van der Waals surface area contributed by atoms with E-state index in [4.69, 9.17) is 9.47 Å². The number of anilines is 2. The molecule has 2 fully saturated rings. The van der Waals surface area contributed by atoms with Crippen LogP contribution >= 0.6 is 0 Å². The van der Waals surface area contributed by atoms with Gasteiger partial charge in [0, 0.05) is 45.3 Å². The summed E-state index contributed by atoms with van der Waals surface area (Å²) in [4.78, 5) is 50.2. The quantitative estimate of drug-likeness (QED) is 0.471. The number of pyridine rings is 1. The Hall–Kier alpha value is -3.92. The van der Waals surface area contributed by atoms with Gasteiger partial charge in [-0.05, 0) is 31.5 Å². The smallest absolute Gasteiger partial charge is 0.360 e. The van der Waals surface area contributed by atoms with Crippen LogP contribution < -0.4 is 20.1 Å². The van der Waals surface area contributed by atoms with Gasteiger partial charge in [-0.1, -0.05) is 30.3 Å². The Labute approximate surface area is 215 Å². The molecule has 1 amide bonds. The number of benzene rings is 1. The number of hydrogen-bond donors (Lipinski definition) is 0. The molecule has 37 heavy (non-hydrogen) atoms. The van der Waals surface area contributed by atoms with Crippen molar-refractivity contribution in [3.8, 4) is 5.75 Å². The van der Waals surface area contributed by atoms with Crippen LogP contribution in [-0.4, -0.2) is 73.0 Å². The molecule has 0 saturated carbocycles. The number of rotatable bonds is 6. The number of likely N-dealkylation sites (N-methyl/N-ethyl adjacent to an activating group) is 1. The minimum Gasteiger partial charge on any atom is -0.481 e. The zero-order chi connectivity index (χ0) is 25.9. The number of esters is 1. The van der Waals surface area contributed by atoms with Gasteiger partial charge in [0.1, 0.15) is 6.61 Å². The van der Waals surface area contributed by atoms with Gasteiger partial charge in [0.05, 0.1) is 18.5 Å². The first-order valence-electron chi connectivity index (χ1n) is 12.6. The molecule has 0 unspecified atom stereocenters. The van der Waals surface area contributed by atoms with E-state index in [0.29, 0.717) is 18.7 Å². The zero-order valence-corrected chi connectivity index (χ0v) is 21.2. The summed E-state index contributed by atoms with van der Waals surface area (Å²) < 4.78 is 12.2. The molecule has 0 bridgehead atoms. The molecule has 1 aromatic carbocycles. The average Bonchev–Trinajstić information content (AvgIpc) is 2.93. The van der Waals surface area contributed by atoms with Crippen LogP contribution in [0.4, 0.5) is 11.4 Å². The van der Waals surface area contributed by atoms with Crippen molar-refractivity contribution in [3.63, 3.8) is 0 Å². The van der Waals surface area contributed by atoms with Crippen LogP contribution in [0.1, 0.15) is 35.3 Å². The number of piperidine rings is 1. The number of carbonyl (C=O) groups excluding carboxylic acids is 2. The largest absolute Gasteiger partial charge is 0.481 e. The zero-order valence-electron chi connectivity index (χ0n) is 21.2. The van der Waals surface area contributed by atoms with Gasteiger partial charge >= 0.3 is 11.5 Å². The third-order valence-electron chi connectivity index (χ3n) is 6.94. The SMILES string of the molecule is COC(=O)c1nc2c(N3CCCCC3=O)cc(N3CCN(C)CC3)cn2c(=O)c1OCc1ccccc1. The first-order chi connectivity index (χ1) is 18.0. The number of fused-ring (bicyclic) bond motifs is 1. The van der Waals surface area contributed by atoms with Crippen LogP contribution in [0.25, 0.3) is 5.65 Å². The molecule has 0 N–H and O–H groups in total. The van der Waals surface area contributed by atoms with Gasteiger partial charge in [-0.15, -0.1) is 0 Å². The second-order valence-electron chi connectivity index (χ2n) is 9.43. The van der Waals surface area contributed by atoms with Gasteiger partial charge in [-0.2, -0.15) is 0 Å². The van der Waals surface area contributed by atoms with E-state index in [-0.39, 0.29) is 29.6 Å². The van der Waals surface area contributed by atoms with Gasteiger partial charge in [-0.25, -0.2) is 9.78 Å². The summed E-state index contributed by atoms with van der Waals surface area (Å²) in [7, 11) is 3.31. The van der Waals surface area contributed by atoms with E-state index in [1.807, 2.05) is 36.4 Å². The lowest BCUT2D eigenvalue weighted by atomic mass is 10.1. The van der Waals surface area contributed by atoms with Crippen molar-refractivity contribution < 1.29 is 19.1 Å². The molecule has 0 radical (unpaired) electrons. The van der Waals surface area contributed by atoms with Crippen LogP contribution in [0, 0.1) is 0 Å². The topological polar surface area (TPSA) is 96.7 Å². The number of aromatic nitrogens is 2. The third-order valence-corrected chi connectivity index (χ3v) is 6.94. The first kappa shape index (κ1) is 24.8. The van der Waals surface area contributed by atoms with Gasteiger partial charge in [0.2, 0.25) is 11.7 Å². The Morgan fingerprint density at radius 3 is 2.49 bits per heavy atom. The number of amides is 1. The molecule has 2 saturated heterocycles. The summed E-state index contributed by atoms with van der Waals surface area (Å²) in [5.74, 6) is -0.983. The maximum atomic E-state index is 13.9. The van der Waals surface area contributed by atoms with Crippen LogP contribution in [-0.2, 0) is 16.1 Å². The molecule has 10 nitrogen and oxygen atoms in total. The number of hydrogen-bond acceptors (Lipinski definition) is 8. The summed E-state index contributed by atoms with van der Waals surface area (Å²) >= 11 is 0. The average molecular weight is 506 g/mol. The molecule has 2 aliphatic rings. The van der Waals surface area contributed by atoms with Crippen LogP contribution in [0.15, 0.2) is 47.4 Å². The lowest BCUT2D eigenvalue weighted by Crippen LogP contribution is -2.45. The van der Waals surface area contributed by atoms with Crippen LogP contribution in [0.5, 0.6) is 5.75 Å². The Kier molecular flexibility index (Phi) is 7.09. The molecule has 4 heterocycles. The highest BCUT2D eigenvalue weighted by Gasteiger charge is 2.28. The third kappa shape index (κ3) is 5.01. The lowest BCUT2D eigenvalue weighted by molar-refractivity contribution is -0.119. The summed E-state index contributed by atoms with van der Waals surface area (Å²) in [6.07, 6.45) is 3.83. The summed E-state index contributed by atoms with van der Waals surface area (Å²) in [5.41, 5.74) is 1.67. The molecular weight excluding hydrogens is 474 g/mol. The summed E-state index contributed by atoms with van der Waals surface area (Å²) in [6, 6.07) is 11.3.